The highest BCUT2D eigenvalue weighted by Gasteiger charge is 2.22. The second kappa shape index (κ2) is 6.09. The van der Waals surface area contributed by atoms with Gasteiger partial charge in [-0.2, -0.15) is 0 Å². The topological polar surface area (TPSA) is 78.9 Å². The van der Waals surface area contributed by atoms with Gasteiger partial charge in [0.25, 0.3) is 0 Å². The van der Waals surface area contributed by atoms with Gasteiger partial charge in [0.05, 0.1) is 19.3 Å². The van der Waals surface area contributed by atoms with Crippen LogP contribution in [-0.4, -0.2) is 43.8 Å². The van der Waals surface area contributed by atoms with Crippen LogP contribution in [-0.2, 0) is 20.7 Å². The molecule has 7 heteroatoms. The standard InChI is InChI=1S/C14H17FN2O4/c1-17(7-11(18)14(20)21-2)9-5-8-3-4-12(19)16-13(8)10(15)6-9/h5-6,11,18H,3-4,7H2,1-2H3,(H,16,19). The zero-order valence-electron chi connectivity index (χ0n) is 11.9. The molecule has 1 aromatic carbocycles. The molecule has 1 amide bonds. The summed E-state index contributed by atoms with van der Waals surface area (Å²) >= 11 is 0. The van der Waals surface area contributed by atoms with Gasteiger partial charge >= 0.3 is 5.97 Å². The molecule has 1 aromatic rings. The lowest BCUT2D eigenvalue weighted by atomic mass is 10.0. The number of hydrogen-bond donors (Lipinski definition) is 2. The Morgan fingerprint density at radius 3 is 2.90 bits per heavy atom. The Morgan fingerprint density at radius 1 is 1.52 bits per heavy atom. The third-order valence-corrected chi connectivity index (χ3v) is 3.40. The van der Waals surface area contributed by atoms with E-state index in [-0.39, 0.29) is 18.1 Å². The van der Waals surface area contributed by atoms with Crippen molar-refractivity contribution in [2.24, 2.45) is 0 Å². The maximum Gasteiger partial charge on any atom is 0.336 e. The van der Waals surface area contributed by atoms with Crippen molar-refractivity contribution in [3.8, 4) is 0 Å². The molecule has 2 N–H and O–H groups in total. The number of carbonyl (C=O) groups excluding carboxylic acids is 2. The number of aliphatic hydroxyl groups is 1. The number of esters is 1. The highest BCUT2D eigenvalue weighted by atomic mass is 19.1. The monoisotopic (exact) mass is 296 g/mol. The van der Waals surface area contributed by atoms with E-state index in [1.54, 1.807) is 18.0 Å². The van der Waals surface area contributed by atoms with E-state index in [1.165, 1.54) is 13.2 Å². The van der Waals surface area contributed by atoms with Crippen molar-refractivity contribution in [1.82, 2.24) is 0 Å². The Labute approximate surface area is 121 Å². The molecule has 0 saturated heterocycles. The molecule has 6 nitrogen and oxygen atoms in total. The van der Waals surface area contributed by atoms with E-state index in [4.69, 9.17) is 0 Å². The predicted octanol–water partition coefficient (Wildman–Crippen LogP) is 0.681. The number of nitrogens with zero attached hydrogens (tertiary/aromatic N) is 1. The van der Waals surface area contributed by atoms with Gasteiger partial charge in [0, 0.05) is 19.2 Å². The molecule has 1 unspecified atom stereocenters. The third kappa shape index (κ3) is 3.30. The number of hydrogen-bond acceptors (Lipinski definition) is 5. The second-order valence-electron chi connectivity index (χ2n) is 4.93. The first-order chi connectivity index (χ1) is 9.92. The fraction of sp³-hybridized carbons (Fsp3) is 0.429. The van der Waals surface area contributed by atoms with Gasteiger partial charge < -0.3 is 20.1 Å². The third-order valence-electron chi connectivity index (χ3n) is 3.40. The van der Waals surface area contributed by atoms with E-state index < -0.39 is 17.9 Å². The van der Waals surface area contributed by atoms with Crippen LogP contribution in [0.4, 0.5) is 15.8 Å². The Balaban J connectivity index is 2.19. The van der Waals surface area contributed by atoms with Gasteiger partial charge in [0.2, 0.25) is 5.91 Å². The van der Waals surface area contributed by atoms with Gasteiger partial charge in [0.1, 0.15) is 5.82 Å². The normalized spacial score (nSPS) is 15.0. The number of rotatable bonds is 4. The molecule has 21 heavy (non-hydrogen) atoms. The van der Waals surface area contributed by atoms with E-state index in [1.807, 2.05) is 0 Å². The fourth-order valence-electron chi connectivity index (χ4n) is 2.23. The van der Waals surface area contributed by atoms with Crippen molar-refractivity contribution < 1.29 is 23.8 Å². The Kier molecular flexibility index (Phi) is 4.42. The first-order valence-electron chi connectivity index (χ1n) is 6.51. The number of ether oxygens (including phenoxy) is 1. The van der Waals surface area contributed by atoms with Gasteiger partial charge in [-0.25, -0.2) is 9.18 Å². The molecular formula is C14H17FN2O4. The summed E-state index contributed by atoms with van der Waals surface area (Å²) < 4.78 is 18.5. The van der Waals surface area contributed by atoms with Crippen molar-refractivity contribution in [1.29, 1.82) is 0 Å². The predicted molar refractivity (Wildman–Crippen MR) is 74.6 cm³/mol. The van der Waals surface area contributed by atoms with Crippen molar-refractivity contribution in [3.63, 3.8) is 0 Å². The molecule has 1 heterocycles. The van der Waals surface area contributed by atoms with Gasteiger partial charge in [-0.15, -0.1) is 0 Å². The summed E-state index contributed by atoms with van der Waals surface area (Å²) in [5.74, 6) is -1.48. The van der Waals surface area contributed by atoms with Crippen LogP contribution in [0, 0.1) is 5.82 Å². The number of halogens is 1. The molecule has 1 aliphatic heterocycles. The minimum atomic E-state index is -1.31. The molecular weight excluding hydrogens is 279 g/mol. The smallest absolute Gasteiger partial charge is 0.336 e. The summed E-state index contributed by atoms with van der Waals surface area (Å²) in [4.78, 5) is 24.0. The van der Waals surface area contributed by atoms with Gasteiger partial charge in [-0.1, -0.05) is 0 Å². The van der Waals surface area contributed by atoms with E-state index in [9.17, 15) is 19.1 Å². The molecule has 0 bridgehead atoms. The quantitative estimate of drug-likeness (QED) is 0.799. The van der Waals surface area contributed by atoms with Crippen LogP contribution in [0.15, 0.2) is 12.1 Å². The first-order valence-corrected chi connectivity index (χ1v) is 6.51. The maximum atomic E-state index is 14.0. The van der Waals surface area contributed by atoms with Crippen LogP contribution >= 0.6 is 0 Å². The van der Waals surface area contributed by atoms with Gasteiger partial charge in [0.15, 0.2) is 6.10 Å². The maximum absolute atomic E-state index is 14.0. The van der Waals surface area contributed by atoms with Gasteiger partial charge in [-0.05, 0) is 24.1 Å². The number of aliphatic hydroxyl groups excluding tert-OH is 1. The summed E-state index contributed by atoms with van der Waals surface area (Å²) in [5, 5.41) is 12.1. The molecule has 0 saturated carbocycles. The number of likely N-dealkylation sites (N-methyl/N-ethyl adjacent to an activating group) is 1. The SMILES string of the molecule is COC(=O)C(O)CN(C)c1cc(F)c2c(c1)CCC(=O)N2. The number of methoxy groups -OCH3 is 1. The molecule has 2 rings (SSSR count). The number of amides is 1. The lowest BCUT2D eigenvalue weighted by molar-refractivity contribution is -0.149. The summed E-state index contributed by atoms with van der Waals surface area (Å²) in [6, 6.07) is 3.00. The average Bonchev–Trinajstić information content (AvgIpc) is 2.46. The van der Waals surface area contributed by atoms with Crippen molar-refractivity contribution >= 4 is 23.3 Å². The summed E-state index contributed by atoms with van der Waals surface area (Å²) in [5.41, 5.74) is 1.42. The number of fused-ring (bicyclic) bond motifs is 1. The first kappa shape index (κ1) is 15.2. The zero-order valence-corrected chi connectivity index (χ0v) is 11.9. The van der Waals surface area contributed by atoms with E-state index in [0.29, 0.717) is 24.1 Å². The summed E-state index contributed by atoms with van der Waals surface area (Å²) in [7, 11) is 2.82. The fourth-order valence-corrected chi connectivity index (χ4v) is 2.23. The van der Waals surface area contributed by atoms with Crippen molar-refractivity contribution in [2.45, 2.75) is 18.9 Å². The number of benzene rings is 1. The highest BCUT2D eigenvalue weighted by molar-refractivity contribution is 5.94. The van der Waals surface area contributed by atoms with Crippen LogP contribution in [0.1, 0.15) is 12.0 Å². The zero-order chi connectivity index (χ0) is 15.6. The minimum absolute atomic E-state index is 0.0166. The van der Waals surface area contributed by atoms with Crippen molar-refractivity contribution in [2.75, 3.05) is 30.9 Å². The molecule has 114 valence electrons. The lowest BCUT2D eigenvalue weighted by Crippen LogP contribution is -2.35. The highest BCUT2D eigenvalue weighted by Crippen LogP contribution is 2.30. The lowest BCUT2D eigenvalue weighted by Gasteiger charge is -2.25. The molecule has 1 atom stereocenters. The van der Waals surface area contributed by atoms with E-state index >= 15 is 0 Å². The molecule has 0 spiro atoms. The Morgan fingerprint density at radius 2 is 2.24 bits per heavy atom. The number of aryl methyl sites for hydroxylation is 1. The molecule has 0 radical (unpaired) electrons. The van der Waals surface area contributed by atoms with Crippen LogP contribution in [0.3, 0.4) is 0 Å². The van der Waals surface area contributed by atoms with Gasteiger partial charge in [-0.3, -0.25) is 4.79 Å². The number of nitrogens with one attached hydrogen (secondary N) is 1. The molecule has 0 aromatic heterocycles. The Hall–Kier alpha value is -2.15. The van der Waals surface area contributed by atoms with Crippen LogP contribution < -0.4 is 10.2 Å². The second-order valence-corrected chi connectivity index (χ2v) is 4.93. The average molecular weight is 296 g/mol. The Bertz CT molecular complexity index is 576. The minimum Gasteiger partial charge on any atom is -0.467 e. The molecule has 1 aliphatic rings. The van der Waals surface area contributed by atoms with Crippen LogP contribution in [0.2, 0.25) is 0 Å². The number of carbonyl (C=O) groups is 2. The van der Waals surface area contributed by atoms with Crippen molar-refractivity contribution in [3.05, 3.63) is 23.5 Å². The summed E-state index contributed by atoms with van der Waals surface area (Å²) in [6.45, 7) is -0.0166. The summed E-state index contributed by atoms with van der Waals surface area (Å²) in [6.07, 6.45) is -0.539. The van der Waals surface area contributed by atoms with Crippen LogP contribution in [0.5, 0.6) is 0 Å². The van der Waals surface area contributed by atoms with E-state index in [2.05, 4.69) is 10.1 Å². The van der Waals surface area contributed by atoms with Crippen LogP contribution in [0.25, 0.3) is 0 Å². The largest absolute Gasteiger partial charge is 0.467 e. The number of anilines is 2. The molecule has 0 fully saturated rings. The van der Waals surface area contributed by atoms with E-state index in [0.717, 1.165) is 0 Å². The molecule has 0 aliphatic carbocycles.